The average molecular weight is 390 g/mol. The molecule has 0 saturated carbocycles. The van der Waals surface area contributed by atoms with E-state index in [1.165, 1.54) is 12.1 Å². The Hall–Kier alpha value is -2.43. The second-order valence-electron chi connectivity index (χ2n) is 8.26. The smallest absolute Gasteiger partial charge is 0.294 e. The van der Waals surface area contributed by atoms with Gasteiger partial charge in [0.2, 0.25) is 0 Å². The van der Waals surface area contributed by atoms with Crippen LogP contribution in [-0.4, -0.2) is 11.6 Å². The van der Waals surface area contributed by atoms with E-state index in [1.54, 1.807) is 12.1 Å². The first kappa shape index (κ1) is 21.9. The number of hydrogen-bond acceptors (Lipinski definition) is 2. The van der Waals surface area contributed by atoms with Gasteiger partial charge in [0.1, 0.15) is 0 Å². The van der Waals surface area contributed by atoms with Gasteiger partial charge in [-0.25, -0.2) is 0 Å². The predicted molar refractivity (Wildman–Crippen MR) is 103 cm³/mol. The highest BCUT2D eigenvalue weighted by molar-refractivity contribution is 5.98. The van der Waals surface area contributed by atoms with Gasteiger partial charge in [0, 0.05) is 24.0 Å². The molecule has 0 heterocycles. The van der Waals surface area contributed by atoms with Crippen LogP contribution in [0, 0.1) is 18.3 Å². The summed E-state index contributed by atoms with van der Waals surface area (Å²) in [7, 11) is 0. The lowest BCUT2D eigenvalue weighted by Crippen LogP contribution is -2.26. The van der Waals surface area contributed by atoms with E-state index in [0.717, 1.165) is 17.7 Å². The largest absolute Gasteiger partial charge is 0.416 e. The lowest BCUT2D eigenvalue weighted by Gasteiger charge is -2.30. The first-order valence-corrected chi connectivity index (χ1v) is 9.18. The number of hydrogen-bond donors (Lipinski definition) is 0. The van der Waals surface area contributed by atoms with Crippen LogP contribution in [0.1, 0.15) is 65.5 Å². The van der Waals surface area contributed by atoms with E-state index in [1.807, 2.05) is 39.8 Å². The lowest BCUT2D eigenvalue weighted by atomic mass is 9.74. The van der Waals surface area contributed by atoms with E-state index < -0.39 is 11.7 Å². The zero-order valence-electron chi connectivity index (χ0n) is 16.6. The molecule has 1 unspecified atom stereocenters. The van der Waals surface area contributed by atoms with Crippen molar-refractivity contribution < 1.29 is 22.8 Å². The summed E-state index contributed by atoms with van der Waals surface area (Å²) >= 11 is 0. The fourth-order valence-electron chi connectivity index (χ4n) is 2.95. The number of alkyl halides is 3. The van der Waals surface area contributed by atoms with E-state index in [9.17, 15) is 22.8 Å². The molecule has 0 amide bonds. The molecule has 0 aliphatic heterocycles. The Balaban J connectivity index is 2.14. The summed E-state index contributed by atoms with van der Waals surface area (Å²) in [6.07, 6.45) is -4.12. The Morgan fingerprint density at radius 2 is 1.18 bits per heavy atom. The number of carbonyl (C=O) groups excluding carboxylic acids is 2. The van der Waals surface area contributed by atoms with Crippen LogP contribution >= 0.6 is 0 Å². The van der Waals surface area contributed by atoms with Gasteiger partial charge in [-0.2, -0.15) is 13.2 Å². The van der Waals surface area contributed by atoms with Crippen molar-refractivity contribution in [2.24, 2.45) is 11.3 Å². The van der Waals surface area contributed by atoms with Gasteiger partial charge in [0.25, 0.3) is 0 Å². The number of benzene rings is 2. The van der Waals surface area contributed by atoms with Crippen molar-refractivity contribution in [3.8, 4) is 0 Å². The first-order chi connectivity index (χ1) is 12.9. The minimum Gasteiger partial charge on any atom is -0.294 e. The monoisotopic (exact) mass is 390 g/mol. The molecule has 5 heteroatoms. The SMILES string of the molecule is Cc1ccc(C(=O)CC(CC(=O)c2ccc(C(F)(F)F)cc2)C(C)(C)C)cc1. The number of Topliss-reactive ketones (excluding diaryl/α,β-unsaturated/α-hetero) is 2. The molecule has 2 rings (SSSR count). The number of aryl methyl sites for hydroxylation is 1. The summed E-state index contributed by atoms with van der Waals surface area (Å²) in [6.45, 7) is 7.81. The lowest BCUT2D eigenvalue weighted by molar-refractivity contribution is -0.137. The minimum absolute atomic E-state index is 0.0415. The third-order valence-electron chi connectivity index (χ3n) is 5.00. The van der Waals surface area contributed by atoms with Gasteiger partial charge < -0.3 is 0 Å². The van der Waals surface area contributed by atoms with Crippen LogP contribution in [0.3, 0.4) is 0 Å². The number of carbonyl (C=O) groups is 2. The maximum Gasteiger partial charge on any atom is 0.416 e. The summed E-state index contributed by atoms with van der Waals surface area (Å²) in [4.78, 5) is 25.3. The highest BCUT2D eigenvalue weighted by Crippen LogP contribution is 2.34. The molecule has 0 aromatic heterocycles. The Morgan fingerprint density at radius 1 is 0.786 bits per heavy atom. The molecule has 28 heavy (non-hydrogen) atoms. The Bertz CT molecular complexity index is 826. The molecule has 2 aromatic rings. The molecule has 150 valence electrons. The molecule has 0 bridgehead atoms. The molecule has 0 radical (unpaired) electrons. The van der Waals surface area contributed by atoms with Gasteiger partial charge in [-0.15, -0.1) is 0 Å². The minimum atomic E-state index is -4.43. The summed E-state index contributed by atoms with van der Waals surface area (Å²) in [5.41, 5.74) is 0.793. The summed E-state index contributed by atoms with van der Waals surface area (Å²) in [6, 6.07) is 11.5. The number of halogens is 3. The van der Waals surface area contributed by atoms with Crippen molar-refractivity contribution in [2.75, 3.05) is 0 Å². The van der Waals surface area contributed by atoms with Gasteiger partial charge in [-0.3, -0.25) is 9.59 Å². The molecule has 0 fully saturated rings. The topological polar surface area (TPSA) is 34.1 Å². The van der Waals surface area contributed by atoms with Crippen LogP contribution in [0.5, 0.6) is 0 Å². The molecule has 2 nitrogen and oxygen atoms in total. The average Bonchev–Trinajstić information content (AvgIpc) is 2.60. The van der Waals surface area contributed by atoms with Gasteiger partial charge in [-0.1, -0.05) is 62.7 Å². The van der Waals surface area contributed by atoms with Crippen molar-refractivity contribution in [1.29, 1.82) is 0 Å². The Kier molecular flexibility index (Phi) is 6.48. The molecule has 0 N–H and O–H groups in total. The molecule has 0 saturated heterocycles. The van der Waals surface area contributed by atoms with Gasteiger partial charge >= 0.3 is 6.18 Å². The van der Waals surface area contributed by atoms with Crippen molar-refractivity contribution in [3.63, 3.8) is 0 Å². The second-order valence-corrected chi connectivity index (χ2v) is 8.26. The van der Waals surface area contributed by atoms with E-state index in [-0.39, 0.29) is 41.3 Å². The molecule has 0 spiro atoms. The predicted octanol–water partition coefficient (Wildman–Crippen LogP) is 6.52. The van der Waals surface area contributed by atoms with E-state index in [4.69, 9.17) is 0 Å². The summed E-state index contributed by atoms with van der Waals surface area (Å²) in [5.74, 6) is -0.526. The summed E-state index contributed by atoms with van der Waals surface area (Å²) in [5, 5.41) is 0. The molecular weight excluding hydrogens is 365 g/mol. The zero-order valence-corrected chi connectivity index (χ0v) is 16.6. The van der Waals surface area contributed by atoms with Crippen LogP contribution in [0.25, 0.3) is 0 Å². The second kappa shape index (κ2) is 8.29. The summed E-state index contributed by atoms with van der Waals surface area (Å²) < 4.78 is 38.1. The molecular formula is C23H25F3O2. The highest BCUT2D eigenvalue weighted by atomic mass is 19.4. The first-order valence-electron chi connectivity index (χ1n) is 9.18. The van der Waals surface area contributed by atoms with Crippen molar-refractivity contribution in [1.82, 2.24) is 0 Å². The van der Waals surface area contributed by atoms with E-state index in [2.05, 4.69) is 0 Å². The Labute approximate surface area is 163 Å². The molecule has 2 aromatic carbocycles. The van der Waals surface area contributed by atoms with Crippen LogP contribution in [0.2, 0.25) is 0 Å². The maximum absolute atomic E-state index is 12.7. The zero-order chi connectivity index (χ0) is 21.1. The fraction of sp³-hybridized carbons (Fsp3) is 0.391. The third-order valence-corrected chi connectivity index (χ3v) is 5.00. The van der Waals surface area contributed by atoms with Crippen molar-refractivity contribution in [3.05, 3.63) is 70.8 Å². The maximum atomic E-state index is 12.7. The van der Waals surface area contributed by atoms with Crippen LogP contribution < -0.4 is 0 Å². The normalized spacial score (nSPS) is 13.2. The van der Waals surface area contributed by atoms with Crippen LogP contribution in [0.15, 0.2) is 48.5 Å². The molecule has 0 aliphatic rings. The number of rotatable bonds is 6. The fourth-order valence-corrected chi connectivity index (χ4v) is 2.95. The molecule has 1 atom stereocenters. The standard InChI is InChI=1S/C23H25F3O2/c1-15-5-7-16(8-6-15)20(27)13-19(22(2,3)4)14-21(28)17-9-11-18(12-10-17)23(24,25)26/h5-12,19H,13-14H2,1-4H3. The third kappa shape index (κ3) is 5.78. The Morgan fingerprint density at radius 3 is 1.54 bits per heavy atom. The van der Waals surface area contributed by atoms with Gasteiger partial charge in [0.15, 0.2) is 11.6 Å². The highest BCUT2D eigenvalue weighted by Gasteiger charge is 2.32. The van der Waals surface area contributed by atoms with E-state index in [0.29, 0.717) is 5.56 Å². The van der Waals surface area contributed by atoms with Gasteiger partial charge in [-0.05, 0) is 30.4 Å². The van der Waals surface area contributed by atoms with Crippen molar-refractivity contribution >= 4 is 11.6 Å². The van der Waals surface area contributed by atoms with Gasteiger partial charge in [0.05, 0.1) is 5.56 Å². The number of ketones is 2. The molecule has 0 aliphatic carbocycles. The van der Waals surface area contributed by atoms with Crippen LogP contribution in [0.4, 0.5) is 13.2 Å². The quantitative estimate of drug-likeness (QED) is 0.526. The van der Waals surface area contributed by atoms with Crippen LogP contribution in [-0.2, 0) is 6.18 Å². The van der Waals surface area contributed by atoms with Crippen molar-refractivity contribution in [2.45, 2.75) is 46.7 Å². The van der Waals surface area contributed by atoms with E-state index >= 15 is 0 Å².